The van der Waals surface area contributed by atoms with Crippen molar-refractivity contribution in [3.8, 4) is 28.8 Å². The van der Waals surface area contributed by atoms with E-state index in [0.29, 0.717) is 54.2 Å². The number of aromatic nitrogens is 4. The van der Waals surface area contributed by atoms with Crippen LogP contribution in [0.4, 0.5) is 10.2 Å². The van der Waals surface area contributed by atoms with Crippen molar-refractivity contribution >= 4 is 22.8 Å². The fourth-order valence-electron chi connectivity index (χ4n) is 4.90. The van der Waals surface area contributed by atoms with Crippen molar-refractivity contribution in [1.29, 1.82) is 5.26 Å². The lowest BCUT2D eigenvalue weighted by Crippen LogP contribution is -2.42. The van der Waals surface area contributed by atoms with Gasteiger partial charge in [0.15, 0.2) is 5.65 Å². The zero-order valence-corrected chi connectivity index (χ0v) is 23.1. The number of ether oxygens (including phenoxy) is 1. The molecular weight excluding hydrogens is 523 g/mol. The average molecular weight is 555 g/mol. The van der Waals surface area contributed by atoms with Crippen LogP contribution in [-0.2, 0) is 4.79 Å². The molecule has 0 bridgehead atoms. The van der Waals surface area contributed by atoms with Crippen LogP contribution in [0.25, 0.3) is 22.3 Å². The van der Waals surface area contributed by atoms with Crippen molar-refractivity contribution in [2.24, 2.45) is 0 Å². The number of anilines is 1. The fourth-order valence-corrected chi connectivity index (χ4v) is 4.90. The van der Waals surface area contributed by atoms with Gasteiger partial charge in [0, 0.05) is 30.3 Å². The third kappa shape index (κ3) is 5.73. The van der Waals surface area contributed by atoms with Crippen LogP contribution in [0, 0.1) is 17.1 Å². The summed E-state index contributed by atoms with van der Waals surface area (Å²) in [5.74, 6) is 0.228. The number of piperidine rings is 1. The number of nitrogens with two attached hydrogens (primary N) is 1. The molecule has 1 atom stereocenters. The lowest BCUT2D eigenvalue weighted by atomic mass is 10.00. The first-order valence-electron chi connectivity index (χ1n) is 13.3. The van der Waals surface area contributed by atoms with Crippen LogP contribution in [0.3, 0.4) is 0 Å². The van der Waals surface area contributed by atoms with Crippen LogP contribution in [0.2, 0.25) is 0 Å². The summed E-state index contributed by atoms with van der Waals surface area (Å²) in [6, 6.07) is 15.5. The van der Waals surface area contributed by atoms with Crippen molar-refractivity contribution in [2.45, 2.75) is 38.3 Å². The van der Waals surface area contributed by atoms with E-state index in [0.717, 1.165) is 0 Å². The second-order valence-electron chi connectivity index (χ2n) is 10.5. The number of hydrogen-bond donors (Lipinski definition) is 2. The average Bonchev–Trinajstić information content (AvgIpc) is 3.37. The number of rotatable bonds is 7. The molecule has 11 heteroatoms. The molecule has 0 spiro atoms. The van der Waals surface area contributed by atoms with Gasteiger partial charge in [-0.1, -0.05) is 18.2 Å². The molecule has 0 aliphatic carbocycles. The van der Waals surface area contributed by atoms with Crippen molar-refractivity contribution in [2.75, 3.05) is 25.9 Å². The number of nitrogens with zero attached hydrogens (tertiary/aromatic N) is 6. The number of carbonyl (C=O) groups is 1. The number of likely N-dealkylation sites (tertiary alicyclic amines) is 1. The number of benzene rings is 2. The maximum Gasteiger partial charge on any atom is 0.264 e. The smallest absolute Gasteiger partial charge is 0.264 e. The second-order valence-corrected chi connectivity index (χ2v) is 10.5. The maximum atomic E-state index is 15.5. The number of nitrogen functional groups attached to an aromatic ring is 1. The number of nitrogens with one attached hydrogen (secondary N) is 1. The number of halogens is 1. The van der Waals surface area contributed by atoms with Crippen LogP contribution >= 0.6 is 0 Å². The summed E-state index contributed by atoms with van der Waals surface area (Å²) in [7, 11) is 1.77. The zero-order valence-electron chi connectivity index (χ0n) is 23.1. The molecule has 10 nitrogen and oxygen atoms in total. The Bertz CT molecular complexity index is 1660. The number of likely N-dealkylation sites (N-methyl/N-ethyl adjacent to an activating group) is 1. The molecule has 0 radical (unpaired) electrons. The molecule has 0 unspecified atom stereocenters. The van der Waals surface area contributed by atoms with E-state index >= 15 is 4.39 Å². The Kier molecular flexibility index (Phi) is 7.68. The number of para-hydroxylation sites is 1. The first kappa shape index (κ1) is 27.7. The second kappa shape index (κ2) is 11.3. The lowest BCUT2D eigenvalue weighted by Gasteiger charge is -2.33. The highest BCUT2D eigenvalue weighted by Gasteiger charge is 2.31. The number of carbonyl (C=O) groups excluding carboxylic acids is 1. The molecule has 0 saturated carbocycles. The van der Waals surface area contributed by atoms with Gasteiger partial charge in [0.1, 0.15) is 46.8 Å². The Morgan fingerprint density at radius 1 is 1.22 bits per heavy atom. The van der Waals surface area contributed by atoms with E-state index in [1.165, 1.54) is 12.4 Å². The van der Waals surface area contributed by atoms with Gasteiger partial charge in [0.25, 0.3) is 5.91 Å². The van der Waals surface area contributed by atoms with Crippen LogP contribution in [-0.4, -0.2) is 56.2 Å². The van der Waals surface area contributed by atoms with Gasteiger partial charge in [-0.25, -0.2) is 19.0 Å². The van der Waals surface area contributed by atoms with Crippen molar-refractivity contribution in [3.05, 3.63) is 72.3 Å². The van der Waals surface area contributed by atoms with Crippen LogP contribution in [0.15, 0.2) is 66.5 Å². The topological polar surface area (TPSA) is 135 Å². The molecule has 1 saturated heterocycles. The summed E-state index contributed by atoms with van der Waals surface area (Å²) in [4.78, 5) is 23.5. The Hall–Kier alpha value is -4.82. The third-order valence-corrected chi connectivity index (χ3v) is 7.22. The van der Waals surface area contributed by atoms with Crippen molar-refractivity contribution < 1.29 is 13.9 Å². The van der Waals surface area contributed by atoms with E-state index in [1.807, 2.05) is 32.0 Å². The summed E-state index contributed by atoms with van der Waals surface area (Å²) >= 11 is 0. The summed E-state index contributed by atoms with van der Waals surface area (Å²) in [5.41, 5.74) is 6.78. The molecule has 3 N–H and O–H groups in total. The molecule has 41 heavy (non-hydrogen) atoms. The summed E-state index contributed by atoms with van der Waals surface area (Å²) in [6.07, 6.45) is 4.39. The van der Waals surface area contributed by atoms with Gasteiger partial charge in [0.2, 0.25) is 0 Å². The first-order valence-corrected chi connectivity index (χ1v) is 13.3. The minimum atomic E-state index is -0.537. The molecule has 1 aliphatic heterocycles. The SMILES string of the molecule is CNC(C)(C)C=C(C#N)C(=O)N1CCC[C@H](n2nc(-c3ccc(Oc4ccccc4)cc3F)c3c(N)ncnc32)C1. The van der Waals surface area contributed by atoms with Crippen LogP contribution < -0.4 is 15.8 Å². The highest BCUT2D eigenvalue weighted by atomic mass is 19.1. The standard InChI is InChI=1S/C30H31FN8O2/c1-30(2,34-3)15-19(16-32)29(40)38-13-7-8-20(17-38)39-28-25(27(33)35-18-36-28)26(37-39)23-12-11-22(14-24(23)31)41-21-9-5-4-6-10-21/h4-6,9-12,14-15,18,20,34H,7-8,13,17H2,1-3H3,(H2,33,35,36)/t20-/m0/s1. The minimum Gasteiger partial charge on any atom is -0.457 e. The van der Waals surface area contributed by atoms with Crippen molar-refractivity contribution in [1.82, 2.24) is 30.0 Å². The first-order chi connectivity index (χ1) is 19.7. The zero-order chi connectivity index (χ0) is 29.1. The highest BCUT2D eigenvalue weighted by Crippen LogP contribution is 2.36. The van der Waals surface area contributed by atoms with E-state index in [-0.39, 0.29) is 28.9 Å². The molecule has 4 aromatic rings. The van der Waals surface area contributed by atoms with Gasteiger partial charge in [0.05, 0.1) is 11.4 Å². The van der Waals surface area contributed by atoms with E-state index in [9.17, 15) is 10.1 Å². The van der Waals surface area contributed by atoms with Gasteiger partial charge < -0.3 is 20.7 Å². The molecule has 2 aromatic heterocycles. The van der Waals surface area contributed by atoms with Gasteiger partial charge in [-0.2, -0.15) is 10.4 Å². The summed E-state index contributed by atoms with van der Waals surface area (Å²) in [5, 5.41) is 18.0. The Morgan fingerprint density at radius 2 is 2.00 bits per heavy atom. The molecule has 1 fully saturated rings. The van der Waals surface area contributed by atoms with E-state index < -0.39 is 11.4 Å². The number of hydrogen-bond acceptors (Lipinski definition) is 8. The third-order valence-electron chi connectivity index (χ3n) is 7.22. The predicted octanol–water partition coefficient (Wildman–Crippen LogP) is 4.62. The quantitative estimate of drug-likeness (QED) is 0.250. The summed E-state index contributed by atoms with van der Waals surface area (Å²) < 4.78 is 23.0. The lowest BCUT2D eigenvalue weighted by molar-refractivity contribution is -0.128. The fraction of sp³-hybridized carbons (Fsp3) is 0.300. The molecular formula is C30H31FN8O2. The largest absolute Gasteiger partial charge is 0.457 e. The molecule has 1 amide bonds. The molecule has 1 aliphatic rings. The van der Waals surface area contributed by atoms with Crippen LogP contribution in [0.1, 0.15) is 32.7 Å². The van der Waals surface area contributed by atoms with Gasteiger partial charge in [-0.15, -0.1) is 0 Å². The van der Waals surface area contributed by atoms with Gasteiger partial charge in [-0.05, 0) is 64.1 Å². The molecule has 210 valence electrons. The Labute approximate surface area is 237 Å². The van der Waals surface area contributed by atoms with Gasteiger partial charge >= 0.3 is 0 Å². The predicted molar refractivity (Wildman–Crippen MR) is 153 cm³/mol. The number of fused-ring (bicyclic) bond motifs is 1. The van der Waals surface area contributed by atoms with Crippen molar-refractivity contribution in [3.63, 3.8) is 0 Å². The Morgan fingerprint density at radius 3 is 2.71 bits per heavy atom. The summed E-state index contributed by atoms with van der Waals surface area (Å²) in [6.45, 7) is 4.59. The van der Waals surface area contributed by atoms with E-state index in [4.69, 9.17) is 15.6 Å². The van der Waals surface area contributed by atoms with E-state index in [2.05, 4.69) is 21.4 Å². The number of amides is 1. The number of nitriles is 1. The Balaban J connectivity index is 1.48. The molecule has 5 rings (SSSR count). The molecule has 3 heterocycles. The maximum absolute atomic E-state index is 15.5. The van der Waals surface area contributed by atoms with Gasteiger partial charge in [-0.3, -0.25) is 4.79 Å². The van der Waals surface area contributed by atoms with Crippen LogP contribution in [0.5, 0.6) is 11.5 Å². The minimum absolute atomic E-state index is 0.0717. The monoisotopic (exact) mass is 554 g/mol. The normalized spacial score (nSPS) is 16.0. The molecule has 2 aromatic carbocycles. The van der Waals surface area contributed by atoms with E-state index in [1.54, 1.807) is 47.0 Å². The highest BCUT2D eigenvalue weighted by molar-refractivity contribution is 5.99.